The Morgan fingerprint density at radius 2 is 1.85 bits per heavy atom. The van der Waals surface area contributed by atoms with Gasteiger partial charge in [0.1, 0.15) is 12.4 Å². The zero-order valence-electron chi connectivity index (χ0n) is 7.97. The molecule has 0 saturated heterocycles. The van der Waals surface area contributed by atoms with Crippen LogP contribution in [0.2, 0.25) is 0 Å². The van der Waals surface area contributed by atoms with Gasteiger partial charge in [0.05, 0.1) is 13.6 Å². The zero-order chi connectivity index (χ0) is 9.56. The summed E-state index contributed by atoms with van der Waals surface area (Å²) in [7, 11) is -1.09. The van der Waals surface area contributed by atoms with Crippen LogP contribution in [-0.2, 0) is 24.2 Å². The highest BCUT2D eigenvalue weighted by atomic mass is 32.2. The van der Waals surface area contributed by atoms with Crippen molar-refractivity contribution in [3.8, 4) is 0 Å². The Kier molecular flexibility index (Phi) is 8.26. The molecule has 0 spiro atoms. The van der Waals surface area contributed by atoms with E-state index in [1.165, 1.54) is 0 Å². The Morgan fingerprint density at radius 1 is 1.38 bits per heavy atom. The average molecular weight is 206 g/mol. The third kappa shape index (κ3) is 8.74. The SMILES string of the molecule is CCn1cc[n+](C)c1.O=S(=O)=O.[CH3-]. The molecular weight excluding hydrogens is 192 g/mol. The van der Waals surface area contributed by atoms with E-state index in [2.05, 4.69) is 24.0 Å². The van der Waals surface area contributed by atoms with E-state index in [0.717, 1.165) is 6.54 Å². The lowest BCUT2D eigenvalue weighted by Gasteiger charge is -1.81. The lowest BCUT2D eigenvalue weighted by atomic mass is 10.7. The second kappa shape index (κ2) is 7.48. The minimum absolute atomic E-state index is 0. The summed E-state index contributed by atoms with van der Waals surface area (Å²) in [4.78, 5) is 0. The van der Waals surface area contributed by atoms with E-state index in [1.807, 2.05) is 17.8 Å². The fraction of sp³-hybridized carbons (Fsp3) is 0.429. The Bertz CT molecular complexity index is 321. The number of aryl methyl sites for hydroxylation is 2. The Labute approximate surface area is 79.7 Å². The van der Waals surface area contributed by atoms with Crippen LogP contribution in [-0.4, -0.2) is 17.2 Å². The fourth-order valence-corrected chi connectivity index (χ4v) is 0.689. The minimum atomic E-state index is -3.11. The number of rotatable bonds is 1. The van der Waals surface area contributed by atoms with Crippen molar-refractivity contribution < 1.29 is 17.2 Å². The average Bonchev–Trinajstić information content (AvgIpc) is 2.34. The smallest absolute Gasteiger partial charge is 0.358 e. The number of nitrogens with zero attached hydrogens (tertiary/aromatic N) is 2. The van der Waals surface area contributed by atoms with Gasteiger partial charge in [0.2, 0.25) is 6.33 Å². The van der Waals surface area contributed by atoms with Crippen molar-refractivity contribution in [2.24, 2.45) is 7.05 Å². The molecule has 0 unspecified atom stereocenters. The Balaban J connectivity index is 0. The molecule has 1 aromatic heterocycles. The van der Waals surface area contributed by atoms with E-state index >= 15 is 0 Å². The summed E-state index contributed by atoms with van der Waals surface area (Å²) in [6, 6.07) is 0. The van der Waals surface area contributed by atoms with Crippen LogP contribution < -0.4 is 4.57 Å². The second-order valence-electron chi connectivity index (χ2n) is 2.11. The van der Waals surface area contributed by atoms with Gasteiger partial charge in [-0.3, -0.25) is 0 Å². The van der Waals surface area contributed by atoms with Crippen LogP contribution in [0, 0.1) is 7.43 Å². The van der Waals surface area contributed by atoms with Crippen LogP contribution in [0.25, 0.3) is 0 Å². The van der Waals surface area contributed by atoms with Gasteiger partial charge in [-0.15, -0.1) is 12.6 Å². The van der Waals surface area contributed by atoms with E-state index in [9.17, 15) is 0 Å². The molecule has 76 valence electrons. The number of hydrogen-bond acceptors (Lipinski definition) is 3. The topological polar surface area (TPSA) is 60.0 Å². The highest BCUT2D eigenvalue weighted by molar-refractivity contribution is 7.59. The molecule has 1 aromatic rings. The van der Waals surface area contributed by atoms with E-state index < -0.39 is 10.6 Å². The van der Waals surface area contributed by atoms with Crippen molar-refractivity contribution in [3.63, 3.8) is 0 Å². The molecule has 0 fully saturated rings. The largest absolute Gasteiger partial charge is 0.425 e. The third-order valence-corrected chi connectivity index (χ3v) is 1.19. The van der Waals surface area contributed by atoms with Crippen molar-refractivity contribution >= 4 is 10.6 Å². The summed E-state index contributed by atoms with van der Waals surface area (Å²) in [6.45, 7) is 3.18. The van der Waals surface area contributed by atoms with Crippen molar-refractivity contribution in [1.82, 2.24) is 4.57 Å². The van der Waals surface area contributed by atoms with Crippen LogP contribution in [0.5, 0.6) is 0 Å². The van der Waals surface area contributed by atoms with Crippen LogP contribution >= 0.6 is 0 Å². The standard InChI is InChI=1S/C6H11N2.CH3.O3S/c1-3-8-5-4-7(2)6-8;;1-4(2)3/h4-6H,3H2,1-2H3;1H3;/q+1;-1;. The van der Waals surface area contributed by atoms with Gasteiger partial charge in [0, 0.05) is 0 Å². The monoisotopic (exact) mass is 206 g/mol. The van der Waals surface area contributed by atoms with Crippen molar-refractivity contribution in [2.75, 3.05) is 0 Å². The molecule has 0 aliphatic heterocycles. The molecular formula is C7H14N2O3S. The van der Waals surface area contributed by atoms with Gasteiger partial charge in [-0.1, -0.05) is 0 Å². The second-order valence-corrected chi connectivity index (χ2v) is 2.52. The molecule has 0 N–H and O–H groups in total. The lowest BCUT2D eigenvalue weighted by Crippen LogP contribution is -2.23. The first-order valence-electron chi connectivity index (χ1n) is 3.34. The van der Waals surface area contributed by atoms with Crippen LogP contribution in [0.1, 0.15) is 6.92 Å². The van der Waals surface area contributed by atoms with Crippen LogP contribution in [0.3, 0.4) is 0 Å². The Morgan fingerprint density at radius 3 is 2.00 bits per heavy atom. The first-order valence-corrected chi connectivity index (χ1v) is 4.34. The van der Waals surface area contributed by atoms with Gasteiger partial charge in [-0.05, 0) is 6.92 Å². The van der Waals surface area contributed by atoms with Gasteiger partial charge in [0.15, 0.2) is 0 Å². The van der Waals surface area contributed by atoms with Crippen molar-refractivity contribution in [2.45, 2.75) is 13.5 Å². The summed E-state index contributed by atoms with van der Waals surface area (Å²) >= 11 is 0. The van der Waals surface area contributed by atoms with E-state index in [1.54, 1.807) is 0 Å². The number of aromatic nitrogens is 2. The summed E-state index contributed by atoms with van der Waals surface area (Å²) in [6.07, 6.45) is 6.14. The van der Waals surface area contributed by atoms with Gasteiger partial charge in [-0.25, -0.2) is 9.13 Å². The van der Waals surface area contributed by atoms with Gasteiger partial charge < -0.3 is 7.43 Å². The maximum atomic E-state index is 8.44. The predicted molar refractivity (Wildman–Crippen MR) is 47.4 cm³/mol. The van der Waals surface area contributed by atoms with E-state index in [0.29, 0.717) is 0 Å². The molecule has 1 rings (SSSR count). The van der Waals surface area contributed by atoms with E-state index in [-0.39, 0.29) is 7.43 Å². The third-order valence-electron chi connectivity index (χ3n) is 1.19. The van der Waals surface area contributed by atoms with Crippen LogP contribution in [0.4, 0.5) is 0 Å². The van der Waals surface area contributed by atoms with Crippen molar-refractivity contribution in [1.29, 1.82) is 0 Å². The normalized spacial score (nSPS) is 7.85. The highest BCUT2D eigenvalue weighted by Gasteiger charge is 1.92. The minimum Gasteiger partial charge on any atom is -0.358 e. The highest BCUT2D eigenvalue weighted by Crippen LogP contribution is 1.79. The molecule has 0 aromatic carbocycles. The molecule has 1 heterocycles. The number of hydrogen-bond donors (Lipinski definition) is 0. The molecule has 13 heavy (non-hydrogen) atoms. The zero-order valence-corrected chi connectivity index (χ0v) is 8.78. The molecule has 5 nitrogen and oxygen atoms in total. The summed E-state index contributed by atoms with van der Waals surface area (Å²) in [5.74, 6) is 0. The molecule has 0 saturated carbocycles. The van der Waals surface area contributed by atoms with Crippen molar-refractivity contribution in [3.05, 3.63) is 26.1 Å². The molecule has 0 bridgehead atoms. The predicted octanol–water partition coefficient (Wildman–Crippen LogP) is -0.221. The maximum absolute atomic E-state index is 8.44. The molecule has 0 aliphatic rings. The van der Waals surface area contributed by atoms with E-state index in [4.69, 9.17) is 12.6 Å². The van der Waals surface area contributed by atoms with Gasteiger partial charge in [-0.2, -0.15) is 0 Å². The Hall–Kier alpha value is -1.17. The molecule has 0 atom stereocenters. The quantitative estimate of drug-likeness (QED) is 0.471. The maximum Gasteiger partial charge on any atom is 0.425 e. The number of imidazole rings is 1. The van der Waals surface area contributed by atoms with Crippen LogP contribution in [0.15, 0.2) is 18.7 Å². The fourth-order valence-electron chi connectivity index (χ4n) is 0.689. The summed E-state index contributed by atoms with van der Waals surface area (Å²) in [5, 5.41) is 0. The lowest BCUT2D eigenvalue weighted by molar-refractivity contribution is -0.671. The summed E-state index contributed by atoms with van der Waals surface area (Å²) in [5.41, 5.74) is 0. The first-order chi connectivity index (χ1) is 5.56. The van der Waals surface area contributed by atoms with Gasteiger partial charge in [0.25, 0.3) is 0 Å². The van der Waals surface area contributed by atoms with Gasteiger partial charge >= 0.3 is 10.6 Å². The molecule has 6 heteroatoms. The first kappa shape index (κ1) is 14.4. The molecule has 0 radical (unpaired) electrons. The summed E-state index contributed by atoms with van der Waals surface area (Å²) < 4.78 is 29.5. The molecule has 0 aliphatic carbocycles. The molecule has 0 amide bonds.